The number of aromatic nitrogens is 2. The Hall–Kier alpha value is -1.29. The molecule has 0 spiro atoms. The molecule has 17 heavy (non-hydrogen) atoms. The van der Waals surface area contributed by atoms with Gasteiger partial charge in [-0.3, -0.25) is 9.36 Å². The fourth-order valence-electron chi connectivity index (χ4n) is 1.73. The molecule has 4 heteroatoms. The summed E-state index contributed by atoms with van der Waals surface area (Å²) in [7, 11) is 0. The van der Waals surface area contributed by atoms with E-state index in [0.717, 1.165) is 10.7 Å². The molecule has 0 aliphatic carbocycles. The van der Waals surface area contributed by atoms with E-state index in [1.165, 1.54) is 0 Å². The Morgan fingerprint density at radius 2 is 2.06 bits per heavy atom. The lowest BCUT2D eigenvalue weighted by molar-refractivity contribution is 0.633. The monoisotopic (exact) mass is 248 g/mol. The summed E-state index contributed by atoms with van der Waals surface area (Å²) < 4.78 is 1.74. The van der Waals surface area contributed by atoms with Gasteiger partial charge in [-0.15, -0.1) is 0 Å². The largest absolute Gasteiger partial charge is 0.287 e. The van der Waals surface area contributed by atoms with Gasteiger partial charge in [0.25, 0.3) is 5.56 Å². The fourth-order valence-corrected chi connectivity index (χ4v) is 2.64. The molecule has 0 fully saturated rings. The van der Waals surface area contributed by atoms with Crippen LogP contribution in [0.4, 0.5) is 0 Å². The Bertz CT molecular complexity index is 589. The van der Waals surface area contributed by atoms with Gasteiger partial charge in [0, 0.05) is 11.8 Å². The number of hydrogen-bond donors (Lipinski definition) is 0. The zero-order valence-electron chi connectivity index (χ0n) is 10.3. The van der Waals surface area contributed by atoms with Gasteiger partial charge in [-0.05, 0) is 19.1 Å². The van der Waals surface area contributed by atoms with Gasteiger partial charge in [-0.1, -0.05) is 37.7 Å². The van der Waals surface area contributed by atoms with Crippen molar-refractivity contribution in [2.24, 2.45) is 0 Å². The van der Waals surface area contributed by atoms with E-state index in [9.17, 15) is 4.79 Å². The normalized spacial score (nSPS) is 11.3. The second-order valence-corrected chi connectivity index (χ2v) is 5.67. The highest BCUT2D eigenvalue weighted by Crippen LogP contribution is 2.21. The summed E-state index contributed by atoms with van der Waals surface area (Å²) in [5.41, 5.74) is 0.839. The van der Waals surface area contributed by atoms with Crippen LogP contribution in [-0.2, 0) is 6.54 Å². The van der Waals surface area contributed by atoms with E-state index in [1.54, 1.807) is 16.3 Å². The first-order valence-electron chi connectivity index (χ1n) is 5.79. The maximum atomic E-state index is 12.3. The first kappa shape index (κ1) is 12.2. The lowest BCUT2D eigenvalue weighted by Gasteiger charge is -2.12. The van der Waals surface area contributed by atoms with Crippen LogP contribution in [0, 0.1) is 0 Å². The Morgan fingerprint density at radius 1 is 1.35 bits per heavy atom. The number of fused-ring (bicyclic) bond motifs is 1. The quantitative estimate of drug-likeness (QED) is 0.619. The summed E-state index contributed by atoms with van der Waals surface area (Å²) >= 11 is 1.63. The van der Waals surface area contributed by atoms with Gasteiger partial charge >= 0.3 is 0 Å². The van der Waals surface area contributed by atoms with Crippen LogP contribution in [0.1, 0.15) is 20.8 Å². The van der Waals surface area contributed by atoms with Crippen molar-refractivity contribution in [1.29, 1.82) is 0 Å². The zero-order chi connectivity index (χ0) is 12.4. The average molecular weight is 248 g/mol. The predicted octanol–water partition coefficient (Wildman–Crippen LogP) is 2.92. The van der Waals surface area contributed by atoms with Crippen LogP contribution in [0.2, 0.25) is 0 Å². The van der Waals surface area contributed by atoms with Gasteiger partial charge in [0.1, 0.15) is 0 Å². The Morgan fingerprint density at radius 3 is 2.71 bits per heavy atom. The van der Waals surface area contributed by atoms with E-state index in [2.05, 4.69) is 18.8 Å². The highest BCUT2D eigenvalue weighted by Gasteiger charge is 2.10. The standard InChI is InChI=1S/C13H16N2OS/c1-4-15-12(16)10-7-5-6-8-11(10)14-13(15)17-9(2)3/h5-9H,4H2,1-3H3. The smallest absolute Gasteiger partial charge is 0.262 e. The van der Waals surface area contributed by atoms with Crippen LogP contribution in [-0.4, -0.2) is 14.8 Å². The molecule has 90 valence electrons. The minimum absolute atomic E-state index is 0.0567. The fraction of sp³-hybridized carbons (Fsp3) is 0.385. The molecular weight excluding hydrogens is 232 g/mol. The highest BCUT2D eigenvalue weighted by atomic mass is 32.2. The van der Waals surface area contributed by atoms with Crippen molar-refractivity contribution in [3.8, 4) is 0 Å². The van der Waals surface area contributed by atoms with Crippen molar-refractivity contribution >= 4 is 22.7 Å². The Balaban J connectivity index is 2.71. The first-order valence-corrected chi connectivity index (χ1v) is 6.67. The van der Waals surface area contributed by atoms with Gasteiger partial charge in [0.15, 0.2) is 5.16 Å². The molecule has 0 saturated heterocycles. The van der Waals surface area contributed by atoms with Crippen molar-refractivity contribution in [2.45, 2.75) is 37.7 Å². The van der Waals surface area contributed by atoms with Gasteiger partial charge in [-0.2, -0.15) is 0 Å². The van der Waals surface area contributed by atoms with Crippen LogP contribution in [0.25, 0.3) is 10.9 Å². The summed E-state index contributed by atoms with van der Waals surface area (Å²) in [6.45, 7) is 6.84. The van der Waals surface area contributed by atoms with Gasteiger partial charge in [0.05, 0.1) is 10.9 Å². The van der Waals surface area contributed by atoms with Crippen molar-refractivity contribution in [3.05, 3.63) is 34.6 Å². The molecule has 0 aliphatic heterocycles. The van der Waals surface area contributed by atoms with E-state index in [0.29, 0.717) is 17.2 Å². The molecule has 3 nitrogen and oxygen atoms in total. The number of para-hydroxylation sites is 1. The molecule has 2 rings (SSSR count). The lowest BCUT2D eigenvalue weighted by Crippen LogP contribution is -2.22. The summed E-state index contributed by atoms with van der Waals surface area (Å²) in [4.78, 5) is 16.8. The third kappa shape index (κ3) is 2.36. The SMILES string of the molecule is CCn1c(SC(C)C)nc2ccccc2c1=O. The highest BCUT2D eigenvalue weighted by molar-refractivity contribution is 7.99. The first-order chi connectivity index (χ1) is 8.13. The van der Waals surface area contributed by atoms with Crippen molar-refractivity contribution < 1.29 is 0 Å². The molecule has 0 aliphatic rings. The molecule has 0 unspecified atom stereocenters. The zero-order valence-corrected chi connectivity index (χ0v) is 11.1. The molecule has 1 aromatic heterocycles. The van der Waals surface area contributed by atoms with E-state index < -0.39 is 0 Å². The Kier molecular flexibility index (Phi) is 3.52. The molecule has 0 atom stereocenters. The number of benzene rings is 1. The van der Waals surface area contributed by atoms with Gasteiger partial charge in [-0.25, -0.2) is 4.98 Å². The number of rotatable bonds is 3. The van der Waals surface area contributed by atoms with E-state index in [1.807, 2.05) is 31.2 Å². The minimum Gasteiger partial charge on any atom is -0.287 e. The summed E-state index contributed by atoms with van der Waals surface area (Å²) in [5.74, 6) is 0. The molecule has 0 radical (unpaired) electrons. The van der Waals surface area contributed by atoms with E-state index in [-0.39, 0.29) is 5.56 Å². The molecule has 2 aromatic rings. The summed E-state index contributed by atoms with van der Waals surface area (Å²) in [6.07, 6.45) is 0. The van der Waals surface area contributed by atoms with Crippen LogP contribution >= 0.6 is 11.8 Å². The predicted molar refractivity (Wildman–Crippen MR) is 72.7 cm³/mol. The summed E-state index contributed by atoms with van der Waals surface area (Å²) in [5, 5.41) is 1.93. The maximum Gasteiger partial charge on any atom is 0.262 e. The molecule has 1 aromatic carbocycles. The molecule has 0 N–H and O–H groups in total. The molecule has 0 amide bonds. The molecule has 0 bridgehead atoms. The van der Waals surface area contributed by atoms with Crippen molar-refractivity contribution in [2.75, 3.05) is 0 Å². The molecule has 1 heterocycles. The second-order valence-electron chi connectivity index (χ2n) is 4.13. The third-order valence-corrected chi connectivity index (χ3v) is 3.48. The number of nitrogens with zero attached hydrogens (tertiary/aromatic N) is 2. The van der Waals surface area contributed by atoms with Crippen LogP contribution in [0.5, 0.6) is 0 Å². The van der Waals surface area contributed by atoms with E-state index >= 15 is 0 Å². The minimum atomic E-state index is 0.0567. The topological polar surface area (TPSA) is 34.9 Å². The van der Waals surface area contributed by atoms with Crippen molar-refractivity contribution in [1.82, 2.24) is 9.55 Å². The number of thioether (sulfide) groups is 1. The van der Waals surface area contributed by atoms with Gasteiger partial charge < -0.3 is 0 Å². The number of hydrogen-bond acceptors (Lipinski definition) is 3. The summed E-state index contributed by atoms with van der Waals surface area (Å²) in [6, 6.07) is 7.51. The lowest BCUT2D eigenvalue weighted by atomic mass is 10.2. The van der Waals surface area contributed by atoms with Crippen LogP contribution < -0.4 is 5.56 Å². The van der Waals surface area contributed by atoms with Crippen molar-refractivity contribution in [3.63, 3.8) is 0 Å². The van der Waals surface area contributed by atoms with E-state index in [4.69, 9.17) is 0 Å². The average Bonchev–Trinajstić information content (AvgIpc) is 2.29. The Labute approximate surface area is 105 Å². The van der Waals surface area contributed by atoms with Gasteiger partial charge in [0.2, 0.25) is 0 Å². The maximum absolute atomic E-state index is 12.3. The third-order valence-electron chi connectivity index (χ3n) is 2.48. The molecule has 0 saturated carbocycles. The second kappa shape index (κ2) is 4.92. The molecular formula is C13H16N2OS. The van der Waals surface area contributed by atoms with Crippen LogP contribution in [0.15, 0.2) is 34.2 Å². The van der Waals surface area contributed by atoms with Crippen LogP contribution in [0.3, 0.4) is 0 Å².